The van der Waals surface area contributed by atoms with Crippen molar-refractivity contribution in [2.75, 3.05) is 11.0 Å². The first-order valence-corrected chi connectivity index (χ1v) is 6.48. The maximum Gasteiger partial charge on any atom is 0.223 e. The summed E-state index contributed by atoms with van der Waals surface area (Å²) >= 11 is 2.30. The number of Topliss-reactive ketones (excluding diaryl/α,β-unsaturated/α-hetero) is 1. The summed E-state index contributed by atoms with van der Waals surface area (Å²) in [6, 6.07) is -0.185. The number of likely N-dealkylation sites (tertiary alicyclic amines) is 1. The van der Waals surface area contributed by atoms with Gasteiger partial charge in [-0.1, -0.05) is 29.5 Å². The van der Waals surface area contributed by atoms with E-state index in [2.05, 4.69) is 22.6 Å². The third-order valence-corrected chi connectivity index (χ3v) is 3.93. The predicted molar refractivity (Wildman–Crippen MR) is 63.5 cm³/mol. The zero-order valence-corrected chi connectivity index (χ0v) is 10.8. The van der Waals surface area contributed by atoms with Crippen LogP contribution in [0.25, 0.3) is 0 Å². The number of ketones is 1. The van der Waals surface area contributed by atoms with E-state index in [1.54, 1.807) is 11.8 Å². The molecule has 0 aromatic carbocycles. The van der Waals surface area contributed by atoms with Gasteiger partial charge in [0.2, 0.25) is 5.91 Å². The van der Waals surface area contributed by atoms with Crippen LogP contribution < -0.4 is 0 Å². The van der Waals surface area contributed by atoms with Crippen molar-refractivity contribution in [3.63, 3.8) is 0 Å². The second-order valence-corrected chi connectivity index (χ2v) is 4.69. The van der Waals surface area contributed by atoms with Crippen molar-refractivity contribution in [3.05, 3.63) is 0 Å². The molecule has 1 saturated heterocycles. The van der Waals surface area contributed by atoms with E-state index in [1.165, 1.54) is 0 Å². The van der Waals surface area contributed by atoms with Gasteiger partial charge < -0.3 is 4.90 Å². The highest BCUT2D eigenvalue weighted by atomic mass is 127. The summed E-state index contributed by atoms with van der Waals surface area (Å²) in [5, 5.41) is 0. The number of carbonyl (C=O) groups excluding carboxylic acids is 2. The Hall–Kier alpha value is -0.130. The van der Waals surface area contributed by atoms with Crippen molar-refractivity contribution in [2.45, 2.75) is 32.7 Å². The lowest BCUT2D eigenvalue weighted by atomic mass is 10.1. The van der Waals surface area contributed by atoms with Crippen molar-refractivity contribution in [1.82, 2.24) is 4.90 Å². The fraction of sp³-hybridized carbons (Fsp3) is 0.800. The first-order valence-electron chi connectivity index (χ1n) is 4.96. The second-order valence-electron chi connectivity index (χ2n) is 3.81. The molecule has 80 valence electrons. The highest BCUT2D eigenvalue weighted by Gasteiger charge is 2.34. The lowest BCUT2D eigenvalue weighted by molar-refractivity contribution is -0.135. The van der Waals surface area contributed by atoms with Crippen LogP contribution in [0.2, 0.25) is 0 Å². The molecule has 2 unspecified atom stereocenters. The Morgan fingerprint density at radius 2 is 2.36 bits per heavy atom. The lowest BCUT2D eigenvalue weighted by Crippen LogP contribution is -2.40. The van der Waals surface area contributed by atoms with Gasteiger partial charge in [0.05, 0.1) is 6.04 Å². The molecule has 1 amide bonds. The molecule has 0 saturated carbocycles. The molecule has 0 aliphatic carbocycles. The summed E-state index contributed by atoms with van der Waals surface area (Å²) in [6.07, 6.45) is 1.35. The van der Waals surface area contributed by atoms with Crippen LogP contribution in [0.3, 0.4) is 0 Å². The number of nitrogens with zero attached hydrogens (tertiary/aromatic N) is 1. The minimum Gasteiger partial charge on any atom is -0.332 e. The van der Waals surface area contributed by atoms with E-state index in [-0.39, 0.29) is 17.7 Å². The molecule has 1 aliphatic rings. The third kappa shape index (κ3) is 2.46. The van der Waals surface area contributed by atoms with Crippen LogP contribution >= 0.6 is 22.6 Å². The first-order chi connectivity index (χ1) is 6.60. The molecule has 1 fully saturated rings. The highest BCUT2D eigenvalue weighted by molar-refractivity contribution is 14.1. The van der Waals surface area contributed by atoms with Crippen molar-refractivity contribution < 1.29 is 9.59 Å². The second kappa shape index (κ2) is 5.09. The number of halogens is 1. The Labute approximate surface area is 98.4 Å². The quantitative estimate of drug-likeness (QED) is 0.585. The van der Waals surface area contributed by atoms with E-state index in [0.717, 1.165) is 17.4 Å². The van der Waals surface area contributed by atoms with Gasteiger partial charge >= 0.3 is 0 Å². The number of rotatable bonds is 4. The summed E-state index contributed by atoms with van der Waals surface area (Å²) in [4.78, 5) is 24.7. The summed E-state index contributed by atoms with van der Waals surface area (Å²) < 4.78 is 0.994. The van der Waals surface area contributed by atoms with E-state index >= 15 is 0 Å². The van der Waals surface area contributed by atoms with Crippen LogP contribution in [-0.2, 0) is 9.59 Å². The van der Waals surface area contributed by atoms with Gasteiger partial charge in [0, 0.05) is 17.4 Å². The zero-order chi connectivity index (χ0) is 10.7. The number of alkyl halides is 1. The smallest absolute Gasteiger partial charge is 0.223 e. The largest absolute Gasteiger partial charge is 0.332 e. The van der Waals surface area contributed by atoms with Crippen molar-refractivity contribution in [2.24, 2.45) is 5.92 Å². The SMILES string of the molecule is CCC(C(C)=O)N1CC(CI)CC1=O. The molecule has 2 atom stereocenters. The third-order valence-electron chi connectivity index (χ3n) is 2.69. The number of hydrogen-bond donors (Lipinski definition) is 0. The van der Waals surface area contributed by atoms with Crippen molar-refractivity contribution in [3.8, 4) is 0 Å². The normalized spacial score (nSPS) is 24.1. The number of carbonyl (C=O) groups is 2. The molecule has 0 aromatic rings. The molecular formula is C10H16INO2. The summed E-state index contributed by atoms with van der Waals surface area (Å²) in [5.74, 6) is 0.695. The maximum atomic E-state index is 11.6. The molecule has 0 bridgehead atoms. The van der Waals surface area contributed by atoms with Crippen LogP contribution in [0.5, 0.6) is 0 Å². The topological polar surface area (TPSA) is 37.4 Å². The van der Waals surface area contributed by atoms with Gasteiger partial charge in [-0.15, -0.1) is 0 Å². The van der Waals surface area contributed by atoms with Gasteiger partial charge in [-0.3, -0.25) is 9.59 Å². The Bertz CT molecular complexity index is 242. The fourth-order valence-corrected chi connectivity index (χ4v) is 2.53. The van der Waals surface area contributed by atoms with Gasteiger partial charge in [0.25, 0.3) is 0 Å². The maximum absolute atomic E-state index is 11.6. The van der Waals surface area contributed by atoms with E-state index in [9.17, 15) is 9.59 Å². The summed E-state index contributed by atoms with van der Waals surface area (Å²) in [7, 11) is 0. The minimum atomic E-state index is -0.185. The van der Waals surface area contributed by atoms with Crippen LogP contribution in [-0.4, -0.2) is 33.6 Å². The Morgan fingerprint density at radius 1 is 1.71 bits per heavy atom. The van der Waals surface area contributed by atoms with Gasteiger partial charge in [0.1, 0.15) is 0 Å². The summed E-state index contributed by atoms with van der Waals surface area (Å²) in [6.45, 7) is 4.29. The monoisotopic (exact) mass is 309 g/mol. The summed E-state index contributed by atoms with van der Waals surface area (Å²) in [5.41, 5.74) is 0. The standard InChI is InChI=1S/C10H16INO2/c1-3-9(7(2)13)12-6-8(5-11)4-10(12)14/h8-9H,3-6H2,1-2H3. The highest BCUT2D eigenvalue weighted by Crippen LogP contribution is 2.23. The van der Waals surface area contributed by atoms with E-state index in [4.69, 9.17) is 0 Å². The van der Waals surface area contributed by atoms with E-state index in [0.29, 0.717) is 12.3 Å². The molecule has 3 nitrogen and oxygen atoms in total. The van der Waals surface area contributed by atoms with Gasteiger partial charge in [-0.25, -0.2) is 0 Å². The molecule has 1 rings (SSSR count). The average molecular weight is 309 g/mol. The zero-order valence-electron chi connectivity index (χ0n) is 8.62. The van der Waals surface area contributed by atoms with Gasteiger partial charge in [-0.05, 0) is 19.3 Å². The van der Waals surface area contributed by atoms with Crippen molar-refractivity contribution in [1.29, 1.82) is 0 Å². The molecule has 1 heterocycles. The molecule has 0 N–H and O–H groups in total. The Kier molecular flexibility index (Phi) is 4.34. The minimum absolute atomic E-state index is 0.106. The molecule has 1 aliphatic heterocycles. The molecule has 0 spiro atoms. The number of hydrogen-bond acceptors (Lipinski definition) is 2. The predicted octanol–water partition coefficient (Wildman–Crippen LogP) is 1.64. The van der Waals surface area contributed by atoms with Crippen LogP contribution in [0, 0.1) is 5.92 Å². The van der Waals surface area contributed by atoms with Gasteiger partial charge in [0.15, 0.2) is 5.78 Å². The molecule has 14 heavy (non-hydrogen) atoms. The average Bonchev–Trinajstić information content (AvgIpc) is 2.48. The van der Waals surface area contributed by atoms with E-state index in [1.807, 2.05) is 6.92 Å². The molecule has 4 heteroatoms. The fourth-order valence-electron chi connectivity index (χ4n) is 1.94. The molecular weight excluding hydrogens is 293 g/mol. The van der Waals surface area contributed by atoms with Crippen molar-refractivity contribution >= 4 is 34.3 Å². The van der Waals surface area contributed by atoms with E-state index < -0.39 is 0 Å². The van der Waals surface area contributed by atoms with Crippen LogP contribution in [0.15, 0.2) is 0 Å². The number of amides is 1. The molecule has 0 aromatic heterocycles. The van der Waals surface area contributed by atoms with Crippen LogP contribution in [0.4, 0.5) is 0 Å². The Balaban J connectivity index is 2.68. The van der Waals surface area contributed by atoms with Crippen LogP contribution in [0.1, 0.15) is 26.7 Å². The molecule has 0 radical (unpaired) electrons. The lowest BCUT2D eigenvalue weighted by Gasteiger charge is -2.24. The Morgan fingerprint density at radius 3 is 2.71 bits per heavy atom. The first kappa shape index (κ1) is 11.9. The van der Waals surface area contributed by atoms with Gasteiger partial charge in [-0.2, -0.15) is 0 Å².